The molecular weight excluding hydrogens is 725 g/mol. The number of hydrogen-bond acceptors (Lipinski definition) is 2. The van der Waals surface area contributed by atoms with Crippen molar-refractivity contribution < 1.29 is 0 Å². The molecule has 3 saturated carbocycles. The molecular formula is C58H56N2. The first-order valence-electron chi connectivity index (χ1n) is 22.7. The average Bonchev–Trinajstić information content (AvgIpc) is 4.00. The lowest BCUT2D eigenvalue weighted by atomic mass is 9.64. The van der Waals surface area contributed by atoms with E-state index < -0.39 is 0 Å². The van der Waals surface area contributed by atoms with Crippen LogP contribution in [0.2, 0.25) is 0 Å². The number of hydrogen-bond donors (Lipinski definition) is 0. The van der Waals surface area contributed by atoms with E-state index in [1.54, 1.807) is 0 Å². The lowest BCUT2D eigenvalue weighted by molar-refractivity contribution is 0.320. The van der Waals surface area contributed by atoms with E-state index in [-0.39, 0.29) is 10.8 Å². The fourth-order valence-electron chi connectivity index (χ4n) is 12.2. The summed E-state index contributed by atoms with van der Waals surface area (Å²) < 4.78 is 0. The van der Waals surface area contributed by atoms with Crippen molar-refractivity contribution in [3.63, 3.8) is 0 Å². The molecule has 60 heavy (non-hydrogen) atoms. The van der Waals surface area contributed by atoms with Crippen LogP contribution in [0.25, 0.3) is 11.1 Å². The third-order valence-corrected chi connectivity index (χ3v) is 15.2. The van der Waals surface area contributed by atoms with Crippen molar-refractivity contribution in [2.45, 2.75) is 88.4 Å². The summed E-state index contributed by atoms with van der Waals surface area (Å²) in [6, 6.07) is 66.8. The van der Waals surface area contributed by atoms with Gasteiger partial charge in [0.05, 0.1) is 0 Å². The molecule has 298 valence electrons. The molecule has 2 nitrogen and oxygen atoms in total. The topological polar surface area (TPSA) is 6.48 Å². The fourth-order valence-corrected chi connectivity index (χ4v) is 12.2. The van der Waals surface area contributed by atoms with Crippen molar-refractivity contribution in [2.75, 3.05) is 9.80 Å². The zero-order valence-corrected chi connectivity index (χ0v) is 35.2. The number of benzene rings is 7. The van der Waals surface area contributed by atoms with Crippen LogP contribution in [-0.4, -0.2) is 0 Å². The van der Waals surface area contributed by atoms with Gasteiger partial charge in [-0.15, -0.1) is 0 Å². The van der Waals surface area contributed by atoms with E-state index in [0.29, 0.717) is 11.8 Å². The minimum atomic E-state index is -0.0642. The zero-order valence-electron chi connectivity index (χ0n) is 35.2. The summed E-state index contributed by atoms with van der Waals surface area (Å²) in [5, 5.41) is 0. The highest BCUT2D eigenvalue weighted by Crippen LogP contribution is 2.60. The van der Waals surface area contributed by atoms with E-state index in [9.17, 15) is 0 Å². The normalized spacial score (nSPS) is 21.4. The van der Waals surface area contributed by atoms with Gasteiger partial charge in [0.1, 0.15) is 0 Å². The van der Waals surface area contributed by atoms with Crippen molar-refractivity contribution in [1.82, 2.24) is 0 Å². The molecule has 0 spiro atoms. The van der Waals surface area contributed by atoms with Gasteiger partial charge in [0, 0.05) is 45.0 Å². The quantitative estimate of drug-likeness (QED) is 0.144. The van der Waals surface area contributed by atoms with Gasteiger partial charge in [0.15, 0.2) is 0 Å². The maximum Gasteiger partial charge on any atom is 0.0465 e. The Kier molecular flexibility index (Phi) is 9.29. The summed E-state index contributed by atoms with van der Waals surface area (Å²) in [7, 11) is 0. The minimum absolute atomic E-state index is 0.0140. The molecule has 0 radical (unpaired) electrons. The highest BCUT2D eigenvalue weighted by molar-refractivity contribution is 5.85. The van der Waals surface area contributed by atoms with E-state index in [4.69, 9.17) is 0 Å². The Balaban J connectivity index is 0.977. The van der Waals surface area contributed by atoms with Crippen LogP contribution in [0.3, 0.4) is 0 Å². The van der Waals surface area contributed by atoms with Crippen molar-refractivity contribution in [2.24, 2.45) is 11.8 Å². The molecule has 11 rings (SSSR count). The first-order valence-corrected chi connectivity index (χ1v) is 22.7. The molecule has 3 unspecified atom stereocenters. The molecule has 3 fully saturated rings. The Hall–Kier alpha value is -5.86. The molecule has 0 saturated heterocycles. The van der Waals surface area contributed by atoms with Gasteiger partial charge in [-0.2, -0.15) is 0 Å². The second kappa shape index (κ2) is 15.0. The van der Waals surface area contributed by atoms with Crippen LogP contribution in [-0.2, 0) is 10.8 Å². The van der Waals surface area contributed by atoms with Crippen molar-refractivity contribution in [3.05, 3.63) is 204 Å². The van der Waals surface area contributed by atoms with Crippen LogP contribution in [0.15, 0.2) is 176 Å². The van der Waals surface area contributed by atoms with Crippen LogP contribution < -0.4 is 9.80 Å². The summed E-state index contributed by atoms with van der Waals surface area (Å²) in [6.45, 7) is 4.78. The van der Waals surface area contributed by atoms with Gasteiger partial charge in [-0.25, -0.2) is 0 Å². The Morgan fingerprint density at radius 2 is 0.933 bits per heavy atom. The summed E-state index contributed by atoms with van der Waals surface area (Å²) in [4.78, 5) is 4.89. The molecule has 2 bridgehead atoms. The fraction of sp³-hybridized carbons (Fsp3) is 0.276. The van der Waals surface area contributed by atoms with E-state index in [0.717, 1.165) is 5.92 Å². The monoisotopic (exact) mass is 780 g/mol. The molecule has 3 atom stereocenters. The number of nitrogens with zero attached hydrogens (tertiary/aromatic N) is 2. The van der Waals surface area contributed by atoms with E-state index >= 15 is 0 Å². The van der Waals surface area contributed by atoms with Gasteiger partial charge in [-0.3, -0.25) is 0 Å². The highest BCUT2D eigenvalue weighted by Gasteiger charge is 2.52. The molecule has 4 aliphatic rings. The molecule has 0 aliphatic heterocycles. The van der Waals surface area contributed by atoms with Gasteiger partial charge >= 0.3 is 0 Å². The molecule has 0 N–H and O–H groups in total. The third kappa shape index (κ3) is 6.21. The van der Waals surface area contributed by atoms with E-state index in [1.165, 1.54) is 131 Å². The Morgan fingerprint density at radius 3 is 1.50 bits per heavy atom. The number of rotatable bonds is 9. The lowest BCUT2D eigenvalue weighted by Crippen LogP contribution is -2.34. The SMILES string of the molecule is CC1(C)c2ccccc2-c2ccc(N(c3ccc(C4CCCCC4)cc3)c3ccc(C4(c5ccc(N(c6ccccc6)c6ccccc6)cc5)CC5CCC4C5)cc3)cc21. The average molecular weight is 781 g/mol. The predicted molar refractivity (Wildman–Crippen MR) is 252 cm³/mol. The van der Waals surface area contributed by atoms with Crippen molar-refractivity contribution in [3.8, 4) is 11.1 Å². The van der Waals surface area contributed by atoms with Gasteiger partial charge in [-0.1, -0.05) is 143 Å². The summed E-state index contributed by atoms with van der Waals surface area (Å²) in [5.74, 6) is 2.13. The van der Waals surface area contributed by atoms with Crippen LogP contribution >= 0.6 is 0 Å². The molecule has 7 aromatic carbocycles. The molecule has 0 heterocycles. The second-order valence-electron chi connectivity index (χ2n) is 18.8. The Morgan fingerprint density at radius 1 is 0.433 bits per heavy atom. The standard InChI is InChI=1S/C58H56N2/c1-57(2)55-21-13-12-20-53(55)54-37-36-52(39-56(54)57)60(49-30-23-43(24-31-49)42-14-6-3-7-15-42)51-34-28-45(29-35-51)58(40-41-22-25-46(58)38-41)44-26-32-50(33-27-44)59(47-16-8-4-9-17-47)48-18-10-5-11-19-48/h4-5,8-13,16-21,23-24,26-37,39,41-42,46H,3,6-7,14-15,22,25,38,40H2,1-2H3. The Labute approximate surface area is 357 Å². The summed E-state index contributed by atoms with van der Waals surface area (Å²) in [5.41, 5.74) is 17.1. The van der Waals surface area contributed by atoms with Crippen LogP contribution in [0.5, 0.6) is 0 Å². The maximum atomic E-state index is 2.51. The van der Waals surface area contributed by atoms with E-state index in [1.807, 2.05) is 0 Å². The predicted octanol–water partition coefficient (Wildman–Crippen LogP) is 16.1. The van der Waals surface area contributed by atoms with Gasteiger partial charge in [-0.05, 0) is 162 Å². The molecule has 7 aromatic rings. The Bertz CT molecular complexity index is 2560. The van der Waals surface area contributed by atoms with Gasteiger partial charge < -0.3 is 9.80 Å². The maximum absolute atomic E-state index is 2.51. The summed E-state index contributed by atoms with van der Waals surface area (Å²) >= 11 is 0. The third-order valence-electron chi connectivity index (χ3n) is 15.2. The van der Waals surface area contributed by atoms with Gasteiger partial charge in [0.25, 0.3) is 0 Å². The number of anilines is 6. The minimum Gasteiger partial charge on any atom is -0.311 e. The smallest absolute Gasteiger partial charge is 0.0465 e. The van der Waals surface area contributed by atoms with Crippen molar-refractivity contribution in [1.29, 1.82) is 0 Å². The lowest BCUT2D eigenvalue weighted by Gasteiger charge is -2.40. The van der Waals surface area contributed by atoms with Crippen LogP contribution in [0, 0.1) is 11.8 Å². The van der Waals surface area contributed by atoms with Crippen LogP contribution in [0.1, 0.15) is 105 Å². The first kappa shape index (κ1) is 37.2. The number of fused-ring (bicyclic) bond motifs is 5. The number of para-hydroxylation sites is 2. The molecule has 2 heteroatoms. The highest BCUT2D eigenvalue weighted by atomic mass is 15.1. The van der Waals surface area contributed by atoms with Crippen LogP contribution in [0.4, 0.5) is 34.1 Å². The summed E-state index contributed by atoms with van der Waals surface area (Å²) in [6.07, 6.45) is 11.9. The molecule has 4 aliphatic carbocycles. The van der Waals surface area contributed by atoms with E-state index in [2.05, 4.69) is 200 Å². The zero-order chi connectivity index (χ0) is 40.3. The molecule has 0 amide bonds. The first-order chi connectivity index (χ1) is 29.5. The van der Waals surface area contributed by atoms with Gasteiger partial charge in [0.2, 0.25) is 0 Å². The molecule has 0 aromatic heterocycles. The second-order valence-corrected chi connectivity index (χ2v) is 18.8. The largest absolute Gasteiger partial charge is 0.311 e. The van der Waals surface area contributed by atoms with Crippen molar-refractivity contribution >= 4 is 34.1 Å².